The Morgan fingerprint density at radius 1 is 0.778 bits per heavy atom. The molecule has 0 N–H and O–H groups in total. The van der Waals surface area contributed by atoms with Crippen LogP contribution < -0.4 is 0 Å². The number of rotatable bonds is 3. The quantitative estimate of drug-likeness (QED) is 0.417. The molecule has 0 nitrogen and oxygen atoms in total. The molecule has 0 spiro atoms. The molecule has 2 aromatic rings. The van der Waals surface area contributed by atoms with Crippen LogP contribution in [0.3, 0.4) is 0 Å². The average Bonchev–Trinajstić information content (AvgIpc) is 3.09. The fraction of sp³-hybridized carbons (Fsp3) is 0.333. The van der Waals surface area contributed by atoms with Gasteiger partial charge in [-0.3, -0.25) is 0 Å². The number of benzene rings is 2. The summed E-state index contributed by atoms with van der Waals surface area (Å²) in [5.74, 6) is 0. The molecule has 0 atom stereocenters. The molecule has 0 amide bonds. The van der Waals surface area contributed by atoms with Crippen LogP contribution in [-0.2, 0) is 17.9 Å². The Morgan fingerprint density at radius 2 is 1.19 bits per heavy atom. The number of hydrogen-bond acceptors (Lipinski definition) is 0. The van der Waals surface area contributed by atoms with Crippen LogP contribution in [-0.4, -0.2) is 0 Å². The van der Waals surface area contributed by atoms with Crippen molar-refractivity contribution < 1.29 is 17.9 Å². The number of fused-ring (bicyclic) bond motifs is 3. The van der Waals surface area contributed by atoms with E-state index >= 15 is 0 Å². The number of allylic oxidation sites excluding steroid dienone is 4. The van der Waals surface area contributed by atoms with Crippen LogP contribution >= 0.6 is 17.0 Å². The molecule has 0 fully saturated rings. The summed E-state index contributed by atoms with van der Waals surface area (Å²) >= 11 is -3.84. The van der Waals surface area contributed by atoms with E-state index in [1.807, 2.05) is 0 Å². The van der Waals surface area contributed by atoms with Crippen molar-refractivity contribution in [2.45, 2.75) is 47.8 Å². The molecule has 0 aromatic heterocycles. The second kappa shape index (κ2) is 6.72. The molecule has 0 radical (unpaired) electrons. The van der Waals surface area contributed by atoms with E-state index in [1.165, 1.54) is 44.5 Å². The molecular weight excluding hydrogens is 450 g/mol. The monoisotopic (exact) mass is 474 g/mol. The molecule has 0 unspecified atom stereocenters. The van der Waals surface area contributed by atoms with E-state index in [-0.39, 0.29) is 6.75 Å². The second-order valence-corrected chi connectivity index (χ2v) is 22.8. The van der Waals surface area contributed by atoms with Crippen molar-refractivity contribution in [1.82, 2.24) is 0 Å². The first kappa shape index (κ1) is 19.7. The zero-order valence-corrected chi connectivity index (χ0v) is 20.6. The van der Waals surface area contributed by atoms with Crippen LogP contribution in [0.15, 0.2) is 70.8 Å². The van der Waals surface area contributed by atoms with Gasteiger partial charge >= 0.3 is 176 Å². The van der Waals surface area contributed by atoms with Gasteiger partial charge in [0.2, 0.25) is 0 Å². The molecule has 0 bridgehead atoms. The van der Waals surface area contributed by atoms with E-state index < -0.39 is 17.9 Å². The third-order valence-electron chi connectivity index (χ3n) is 7.26. The van der Waals surface area contributed by atoms with Crippen LogP contribution in [0.1, 0.15) is 55.8 Å². The average molecular weight is 477 g/mol. The van der Waals surface area contributed by atoms with Gasteiger partial charge in [-0.15, -0.1) is 0 Å². The van der Waals surface area contributed by atoms with Crippen molar-refractivity contribution >= 4 is 17.0 Å². The fourth-order valence-corrected chi connectivity index (χ4v) is 22.2. The van der Waals surface area contributed by atoms with E-state index in [0.29, 0.717) is 0 Å². The fourth-order valence-electron chi connectivity index (χ4n) is 5.54. The van der Waals surface area contributed by atoms with Gasteiger partial charge in [0.15, 0.2) is 0 Å². The van der Waals surface area contributed by atoms with E-state index in [9.17, 15) is 0 Å². The van der Waals surface area contributed by atoms with Gasteiger partial charge in [0, 0.05) is 0 Å². The molecule has 0 saturated carbocycles. The summed E-state index contributed by atoms with van der Waals surface area (Å²) in [6.07, 6.45) is 0.975. The van der Waals surface area contributed by atoms with E-state index in [2.05, 4.69) is 83.1 Å². The van der Waals surface area contributed by atoms with Crippen molar-refractivity contribution in [1.29, 1.82) is 0 Å². The van der Waals surface area contributed by atoms with Gasteiger partial charge < -0.3 is 0 Å². The molecule has 4 rings (SSSR count). The SMILES string of the molecule is CC[C]1([Zr]([Cl])([Cl])[CH]2c3ccccc3-c3ccccc32)C(C)=C(C)C(C)=C1C. The Labute approximate surface area is 174 Å². The minimum atomic E-state index is -3.84. The van der Waals surface area contributed by atoms with E-state index in [1.54, 1.807) is 0 Å². The van der Waals surface area contributed by atoms with Crippen molar-refractivity contribution in [2.24, 2.45) is 0 Å². The second-order valence-electron chi connectivity index (χ2n) is 7.99. The first-order chi connectivity index (χ1) is 12.8. The molecule has 0 aliphatic heterocycles. The first-order valence-electron chi connectivity index (χ1n) is 9.71. The van der Waals surface area contributed by atoms with Crippen LogP contribution in [0, 0.1) is 0 Å². The summed E-state index contributed by atoms with van der Waals surface area (Å²) in [5.41, 5.74) is 10.9. The number of halogens is 2. The molecule has 27 heavy (non-hydrogen) atoms. The Morgan fingerprint density at radius 3 is 1.59 bits per heavy atom. The minimum absolute atomic E-state index is 0.151. The Bertz CT molecular complexity index is 927. The molecule has 0 heterocycles. The van der Waals surface area contributed by atoms with Gasteiger partial charge in [-0.2, -0.15) is 0 Å². The normalized spacial score (nSPS) is 18.9. The van der Waals surface area contributed by atoms with Crippen LogP contribution in [0.2, 0.25) is 3.12 Å². The first-order valence-corrected chi connectivity index (χ1v) is 18.7. The Balaban J connectivity index is 2.01. The zero-order valence-electron chi connectivity index (χ0n) is 16.7. The molecule has 2 aromatic carbocycles. The predicted molar refractivity (Wildman–Crippen MR) is 115 cm³/mol. The van der Waals surface area contributed by atoms with Gasteiger partial charge in [-0.05, 0) is 0 Å². The topological polar surface area (TPSA) is 0 Å². The van der Waals surface area contributed by atoms with E-state index in [0.717, 1.165) is 6.42 Å². The Hall–Kier alpha value is -0.617. The third-order valence-corrected chi connectivity index (χ3v) is 22.5. The zero-order chi connectivity index (χ0) is 19.6. The summed E-state index contributed by atoms with van der Waals surface area (Å²) in [6, 6.07) is 17.4. The van der Waals surface area contributed by atoms with Crippen molar-refractivity contribution in [3.8, 4) is 11.1 Å². The molecule has 2 aliphatic rings. The van der Waals surface area contributed by atoms with Gasteiger partial charge in [0.1, 0.15) is 0 Å². The van der Waals surface area contributed by atoms with Gasteiger partial charge in [0.25, 0.3) is 0 Å². The van der Waals surface area contributed by atoms with Gasteiger partial charge in [0.05, 0.1) is 0 Å². The summed E-state index contributed by atoms with van der Waals surface area (Å²) in [5, 5.41) is 0. The van der Waals surface area contributed by atoms with Crippen molar-refractivity contribution in [2.75, 3.05) is 0 Å². The molecule has 0 saturated heterocycles. The van der Waals surface area contributed by atoms with Crippen molar-refractivity contribution in [3.63, 3.8) is 0 Å². The molecular formula is C24H26Cl2Zr. The molecule has 3 heteroatoms. The molecule has 2 aliphatic carbocycles. The summed E-state index contributed by atoms with van der Waals surface area (Å²) in [7, 11) is 15.4. The van der Waals surface area contributed by atoms with E-state index in [4.69, 9.17) is 17.0 Å². The standard InChI is InChI=1S/C13H9.C11H17.2ClH.Zr/c1-3-7-12-10(5-1)9-11-6-2-4-8-13(11)12;1-6-11-9(4)7(2)8(3)10(11)5;;;/h1-9H;6H2,1-5H3;2*1H;/q;;;;+2/p-2. The maximum absolute atomic E-state index is 7.69. The molecule has 140 valence electrons. The summed E-state index contributed by atoms with van der Waals surface area (Å²) in [4.78, 5) is 0. The summed E-state index contributed by atoms with van der Waals surface area (Å²) < 4.78 is -0.000134. The van der Waals surface area contributed by atoms with Crippen LogP contribution in [0.4, 0.5) is 0 Å². The number of hydrogen-bond donors (Lipinski definition) is 0. The van der Waals surface area contributed by atoms with Gasteiger partial charge in [-0.1, -0.05) is 0 Å². The van der Waals surface area contributed by atoms with Crippen molar-refractivity contribution in [3.05, 3.63) is 82.0 Å². The van der Waals surface area contributed by atoms with Crippen LogP contribution in [0.25, 0.3) is 11.1 Å². The van der Waals surface area contributed by atoms with Gasteiger partial charge in [-0.25, -0.2) is 0 Å². The Kier molecular flexibility index (Phi) is 4.90. The summed E-state index contributed by atoms with van der Waals surface area (Å²) in [6.45, 7) is 11.3. The third kappa shape index (κ3) is 2.44. The maximum atomic E-state index is 7.69. The van der Waals surface area contributed by atoms with Crippen LogP contribution in [0.5, 0.6) is 0 Å². The predicted octanol–water partition coefficient (Wildman–Crippen LogP) is 8.47.